The Morgan fingerprint density at radius 1 is 1.21 bits per heavy atom. The van der Waals surface area contributed by atoms with Crippen LogP contribution in [0.2, 0.25) is 5.02 Å². The van der Waals surface area contributed by atoms with Crippen molar-refractivity contribution in [1.82, 2.24) is 14.6 Å². The minimum absolute atomic E-state index is 0.103. The maximum absolute atomic E-state index is 12.2. The molecule has 6 nitrogen and oxygen atoms in total. The monoisotopic (exact) mass is 412 g/mol. The molecule has 0 aliphatic carbocycles. The first kappa shape index (κ1) is 18.5. The van der Waals surface area contributed by atoms with Crippen molar-refractivity contribution in [1.29, 1.82) is 0 Å². The van der Waals surface area contributed by atoms with Crippen molar-refractivity contribution in [2.75, 3.05) is 11.9 Å². The standard InChI is InChI=1S/C20H17ClN4O2S/c1-2-13-5-3-4-6-17(13)27-11-18(26)22-19-23-20-25(24-19)16(12-28-20)14-7-9-15(21)10-8-14/h3-10,12H,2,11H2,1H3,(H,22,24,26). The molecule has 0 unspecified atom stereocenters. The van der Waals surface area contributed by atoms with E-state index in [2.05, 4.69) is 15.4 Å². The highest BCUT2D eigenvalue weighted by Gasteiger charge is 2.14. The molecule has 4 rings (SSSR count). The third kappa shape index (κ3) is 3.85. The fourth-order valence-corrected chi connectivity index (χ4v) is 3.75. The van der Waals surface area contributed by atoms with E-state index in [0.717, 1.165) is 23.2 Å². The van der Waals surface area contributed by atoms with Gasteiger partial charge < -0.3 is 4.74 Å². The van der Waals surface area contributed by atoms with Gasteiger partial charge in [0.05, 0.1) is 5.69 Å². The van der Waals surface area contributed by atoms with Crippen LogP contribution in [0.4, 0.5) is 5.95 Å². The second kappa shape index (κ2) is 8.00. The van der Waals surface area contributed by atoms with Gasteiger partial charge in [-0.2, -0.15) is 4.98 Å². The van der Waals surface area contributed by atoms with Crippen molar-refractivity contribution in [2.24, 2.45) is 0 Å². The summed E-state index contributed by atoms with van der Waals surface area (Å²) < 4.78 is 7.34. The van der Waals surface area contributed by atoms with Crippen LogP contribution in [0.3, 0.4) is 0 Å². The quantitative estimate of drug-likeness (QED) is 0.498. The summed E-state index contributed by atoms with van der Waals surface area (Å²) in [5.74, 6) is 0.653. The average molecular weight is 413 g/mol. The van der Waals surface area contributed by atoms with Crippen LogP contribution in [-0.2, 0) is 11.2 Å². The number of aromatic nitrogens is 3. The largest absolute Gasteiger partial charge is 0.483 e. The highest BCUT2D eigenvalue weighted by molar-refractivity contribution is 7.15. The van der Waals surface area contributed by atoms with Crippen LogP contribution in [-0.4, -0.2) is 27.1 Å². The fourth-order valence-electron chi connectivity index (χ4n) is 2.79. The number of aryl methyl sites for hydroxylation is 1. The molecular formula is C20H17ClN4O2S. The van der Waals surface area contributed by atoms with Crippen LogP contribution >= 0.6 is 22.9 Å². The second-order valence-electron chi connectivity index (χ2n) is 6.06. The van der Waals surface area contributed by atoms with Crippen molar-refractivity contribution >= 4 is 39.8 Å². The first-order valence-corrected chi connectivity index (χ1v) is 10.0. The molecule has 2 aromatic heterocycles. The van der Waals surface area contributed by atoms with Gasteiger partial charge in [0.1, 0.15) is 5.75 Å². The zero-order valence-electron chi connectivity index (χ0n) is 15.1. The van der Waals surface area contributed by atoms with E-state index in [4.69, 9.17) is 16.3 Å². The number of para-hydroxylation sites is 1. The molecular weight excluding hydrogens is 396 g/mol. The number of hydrogen-bond acceptors (Lipinski definition) is 5. The maximum atomic E-state index is 12.2. The molecule has 0 bridgehead atoms. The number of carbonyl (C=O) groups is 1. The van der Waals surface area contributed by atoms with Crippen molar-refractivity contribution in [3.05, 3.63) is 64.5 Å². The summed E-state index contributed by atoms with van der Waals surface area (Å²) in [5, 5.41) is 9.73. The summed E-state index contributed by atoms with van der Waals surface area (Å²) in [6, 6.07) is 15.2. The number of amides is 1. The highest BCUT2D eigenvalue weighted by Crippen LogP contribution is 2.27. The zero-order valence-corrected chi connectivity index (χ0v) is 16.6. The van der Waals surface area contributed by atoms with E-state index in [1.54, 1.807) is 4.52 Å². The Morgan fingerprint density at radius 2 is 2.00 bits per heavy atom. The normalized spacial score (nSPS) is 10.9. The van der Waals surface area contributed by atoms with Gasteiger partial charge in [0.25, 0.3) is 11.9 Å². The van der Waals surface area contributed by atoms with Crippen LogP contribution in [0.25, 0.3) is 16.2 Å². The Morgan fingerprint density at radius 3 is 2.79 bits per heavy atom. The Bertz CT molecular complexity index is 1120. The van der Waals surface area contributed by atoms with Gasteiger partial charge in [0, 0.05) is 16.0 Å². The molecule has 0 fully saturated rings. The van der Waals surface area contributed by atoms with Crippen molar-refractivity contribution in [2.45, 2.75) is 13.3 Å². The van der Waals surface area contributed by atoms with Crippen LogP contribution in [0.15, 0.2) is 53.9 Å². The van der Waals surface area contributed by atoms with E-state index in [-0.39, 0.29) is 18.5 Å². The molecule has 0 saturated carbocycles. The molecule has 1 amide bonds. The summed E-state index contributed by atoms with van der Waals surface area (Å²) in [6.07, 6.45) is 0.837. The molecule has 0 saturated heterocycles. The Balaban J connectivity index is 1.46. The minimum Gasteiger partial charge on any atom is -0.483 e. The number of fused-ring (bicyclic) bond motifs is 1. The number of anilines is 1. The zero-order chi connectivity index (χ0) is 19.5. The summed E-state index contributed by atoms with van der Waals surface area (Å²) >= 11 is 7.40. The Labute approximate surface area is 170 Å². The van der Waals surface area contributed by atoms with Crippen molar-refractivity contribution in [3.63, 3.8) is 0 Å². The second-order valence-corrected chi connectivity index (χ2v) is 7.33. The lowest BCUT2D eigenvalue weighted by atomic mass is 10.1. The molecule has 142 valence electrons. The summed E-state index contributed by atoms with van der Waals surface area (Å²) in [4.78, 5) is 17.3. The van der Waals surface area contributed by atoms with Gasteiger partial charge in [0.2, 0.25) is 4.96 Å². The lowest BCUT2D eigenvalue weighted by molar-refractivity contribution is -0.118. The molecule has 2 heterocycles. The van der Waals surface area contributed by atoms with Crippen LogP contribution in [0.5, 0.6) is 5.75 Å². The Kier molecular flexibility index (Phi) is 5.27. The first-order chi connectivity index (χ1) is 13.6. The number of rotatable bonds is 6. The number of ether oxygens (including phenoxy) is 1. The third-order valence-electron chi connectivity index (χ3n) is 4.19. The van der Waals surface area contributed by atoms with E-state index in [9.17, 15) is 4.79 Å². The SMILES string of the molecule is CCc1ccccc1OCC(=O)Nc1nc2scc(-c3ccc(Cl)cc3)n2n1. The number of thiazole rings is 1. The lowest BCUT2D eigenvalue weighted by Crippen LogP contribution is -2.21. The molecule has 1 N–H and O–H groups in total. The van der Waals surface area contributed by atoms with Gasteiger partial charge in [-0.05, 0) is 30.2 Å². The van der Waals surface area contributed by atoms with Gasteiger partial charge >= 0.3 is 0 Å². The van der Waals surface area contributed by atoms with Gasteiger partial charge in [-0.1, -0.05) is 48.9 Å². The first-order valence-electron chi connectivity index (χ1n) is 8.75. The highest BCUT2D eigenvalue weighted by atomic mass is 35.5. The lowest BCUT2D eigenvalue weighted by Gasteiger charge is -2.09. The fraction of sp³-hybridized carbons (Fsp3) is 0.150. The number of carbonyl (C=O) groups excluding carboxylic acids is 1. The molecule has 0 spiro atoms. The number of nitrogens with zero attached hydrogens (tertiary/aromatic N) is 3. The minimum atomic E-state index is -0.308. The maximum Gasteiger partial charge on any atom is 0.264 e. The summed E-state index contributed by atoms with van der Waals surface area (Å²) in [7, 11) is 0. The molecule has 0 aliphatic rings. The molecule has 28 heavy (non-hydrogen) atoms. The molecule has 2 aromatic carbocycles. The van der Waals surface area contributed by atoms with E-state index in [1.807, 2.05) is 60.8 Å². The van der Waals surface area contributed by atoms with Crippen LogP contribution < -0.4 is 10.1 Å². The summed E-state index contributed by atoms with van der Waals surface area (Å²) in [5.41, 5.74) is 2.92. The van der Waals surface area contributed by atoms with E-state index in [1.165, 1.54) is 11.3 Å². The number of halogens is 1. The van der Waals surface area contributed by atoms with Gasteiger partial charge in [-0.3, -0.25) is 10.1 Å². The molecule has 0 radical (unpaired) electrons. The van der Waals surface area contributed by atoms with E-state index < -0.39 is 0 Å². The average Bonchev–Trinajstić information content (AvgIpc) is 3.27. The van der Waals surface area contributed by atoms with Crippen molar-refractivity contribution < 1.29 is 9.53 Å². The van der Waals surface area contributed by atoms with Crippen molar-refractivity contribution in [3.8, 4) is 17.0 Å². The third-order valence-corrected chi connectivity index (χ3v) is 5.25. The van der Waals surface area contributed by atoms with Gasteiger partial charge in [-0.15, -0.1) is 16.4 Å². The predicted octanol–water partition coefficient (Wildman–Crippen LogP) is 4.69. The predicted molar refractivity (Wildman–Crippen MR) is 111 cm³/mol. The smallest absolute Gasteiger partial charge is 0.264 e. The number of nitrogens with one attached hydrogen (secondary N) is 1. The van der Waals surface area contributed by atoms with Crippen LogP contribution in [0.1, 0.15) is 12.5 Å². The van der Waals surface area contributed by atoms with E-state index >= 15 is 0 Å². The molecule has 0 atom stereocenters. The topological polar surface area (TPSA) is 68.5 Å². The molecule has 4 aromatic rings. The Hall–Kier alpha value is -2.90. The molecule has 8 heteroatoms. The summed E-state index contributed by atoms with van der Waals surface area (Å²) in [6.45, 7) is 1.94. The van der Waals surface area contributed by atoms with E-state index in [0.29, 0.717) is 15.7 Å². The number of benzene rings is 2. The van der Waals surface area contributed by atoms with Crippen LogP contribution in [0, 0.1) is 0 Å². The van der Waals surface area contributed by atoms with Gasteiger partial charge in [-0.25, -0.2) is 4.52 Å². The molecule has 0 aliphatic heterocycles. The van der Waals surface area contributed by atoms with Gasteiger partial charge in [0.15, 0.2) is 6.61 Å². The number of hydrogen-bond donors (Lipinski definition) is 1.